The lowest BCUT2D eigenvalue weighted by Crippen LogP contribution is -2.26. The fraction of sp³-hybridized carbons (Fsp3) is 0.267. The highest BCUT2D eigenvalue weighted by Gasteiger charge is 2.01. The number of benzene rings is 1. The standard InChI is InChI=1S/C15H16N2/c1-3-15(4-2)17-10-12-5-6-14-11-16-8-7-13(14)9-12/h1,5-9,11,15,17H,4,10H2,2H3. The summed E-state index contributed by atoms with van der Waals surface area (Å²) in [6, 6.07) is 8.56. The smallest absolute Gasteiger partial charge is 0.0686 e. The molecule has 0 radical (unpaired) electrons. The first-order chi connectivity index (χ1) is 8.33. The highest BCUT2D eigenvalue weighted by Crippen LogP contribution is 2.14. The van der Waals surface area contributed by atoms with E-state index in [0.29, 0.717) is 0 Å². The number of terminal acetylenes is 1. The van der Waals surface area contributed by atoms with Crippen LogP contribution in [0, 0.1) is 12.3 Å². The van der Waals surface area contributed by atoms with Crippen LogP contribution in [0.15, 0.2) is 36.7 Å². The quantitative estimate of drug-likeness (QED) is 0.808. The highest BCUT2D eigenvalue weighted by molar-refractivity contribution is 5.81. The van der Waals surface area contributed by atoms with Gasteiger partial charge in [0, 0.05) is 24.3 Å². The maximum Gasteiger partial charge on any atom is 0.0686 e. The van der Waals surface area contributed by atoms with E-state index in [1.165, 1.54) is 16.3 Å². The van der Waals surface area contributed by atoms with Crippen molar-refractivity contribution >= 4 is 10.8 Å². The van der Waals surface area contributed by atoms with Gasteiger partial charge in [-0.05, 0) is 29.5 Å². The minimum atomic E-state index is 0.156. The maximum absolute atomic E-state index is 5.42. The van der Waals surface area contributed by atoms with Crippen LogP contribution in [0.4, 0.5) is 0 Å². The first-order valence-electron chi connectivity index (χ1n) is 5.85. The molecule has 0 aliphatic heterocycles. The van der Waals surface area contributed by atoms with Crippen molar-refractivity contribution in [2.75, 3.05) is 0 Å². The van der Waals surface area contributed by atoms with Crippen molar-refractivity contribution in [2.24, 2.45) is 0 Å². The van der Waals surface area contributed by atoms with E-state index in [1.807, 2.05) is 18.5 Å². The minimum absolute atomic E-state index is 0.156. The summed E-state index contributed by atoms with van der Waals surface area (Å²) in [6.45, 7) is 2.89. The molecule has 1 heterocycles. The molecule has 0 aliphatic carbocycles. The predicted molar refractivity (Wildman–Crippen MR) is 71.5 cm³/mol. The number of nitrogens with zero attached hydrogens (tertiary/aromatic N) is 1. The molecular formula is C15H16N2. The Hall–Kier alpha value is -1.85. The lowest BCUT2D eigenvalue weighted by molar-refractivity contribution is 0.593. The number of pyridine rings is 1. The average molecular weight is 224 g/mol. The normalized spacial score (nSPS) is 12.2. The second-order valence-electron chi connectivity index (χ2n) is 4.07. The third-order valence-electron chi connectivity index (χ3n) is 2.87. The summed E-state index contributed by atoms with van der Waals surface area (Å²) in [7, 11) is 0. The Morgan fingerprint density at radius 2 is 2.24 bits per heavy atom. The SMILES string of the molecule is C#CC(CC)NCc1ccc2cnccc2c1. The van der Waals surface area contributed by atoms with Crippen LogP contribution in [-0.2, 0) is 6.54 Å². The Labute approximate surface area is 102 Å². The molecule has 2 rings (SSSR count). The van der Waals surface area contributed by atoms with Gasteiger partial charge in [0.1, 0.15) is 0 Å². The van der Waals surface area contributed by atoms with Crippen LogP contribution in [0.3, 0.4) is 0 Å². The third kappa shape index (κ3) is 2.83. The summed E-state index contributed by atoms with van der Waals surface area (Å²) < 4.78 is 0. The van der Waals surface area contributed by atoms with E-state index in [1.54, 1.807) is 0 Å². The summed E-state index contributed by atoms with van der Waals surface area (Å²) in [5.41, 5.74) is 1.25. The van der Waals surface area contributed by atoms with E-state index in [4.69, 9.17) is 6.42 Å². The molecule has 0 saturated heterocycles. The maximum atomic E-state index is 5.42. The van der Waals surface area contributed by atoms with E-state index < -0.39 is 0 Å². The molecule has 1 N–H and O–H groups in total. The first kappa shape index (κ1) is 11.6. The largest absolute Gasteiger partial charge is 0.300 e. The van der Waals surface area contributed by atoms with Gasteiger partial charge in [0.05, 0.1) is 6.04 Å². The molecule has 1 aromatic heterocycles. The van der Waals surface area contributed by atoms with Gasteiger partial charge in [0.15, 0.2) is 0 Å². The van der Waals surface area contributed by atoms with Crippen LogP contribution in [0.25, 0.3) is 10.8 Å². The van der Waals surface area contributed by atoms with E-state index in [2.05, 4.69) is 41.3 Å². The monoisotopic (exact) mass is 224 g/mol. The lowest BCUT2D eigenvalue weighted by Gasteiger charge is -2.10. The van der Waals surface area contributed by atoms with Crippen LogP contribution >= 0.6 is 0 Å². The Balaban J connectivity index is 2.12. The summed E-state index contributed by atoms with van der Waals surface area (Å²) in [5, 5.41) is 5.73. The zero-order chi connectivity index (χ0) is 12.1. The molecule has 0 saturated carbocycles. The summed E-state index contributed by atoms with van der Waals surface area (Å²) >= 11 is 0. The van der Waals surface area contributed by atoms with Gasteiger partial charge in [-0.2, -0.15) is 0 Å². The lowest BCUT2D eigenvalue weighted by atomic mass is 10.1. The molecule has 1 unspecified atom stereocenters. The molecular weight excluding hydrogens is 208 g/mol. The van der Waals surface area contributed by atoms with Crippen LogP contribution in [0.1, 0.15) is 18.9 Å². The molecule has 0 amide bonds. The van der Waals surface area contributed by atoms with Gasteiger partial charge in [0.2, 0.25) is 0 Å². The van der Waals surface area contributed by atoms with Crippen molar-refractivity contribution in [2.45, 2.75) is 25.9 Å². The van der Waals surface area contributed by atoms with Gasteiger partial charge < -0.3 is 0 Å². The van der Waals surface area contributed by atoms with Gasteiger partial charge in [-0.15, -0.1) is 6.42 Å². The molecule has 1 aromatic carbocycles. The average Bonchev–Trinajstić information content (AvgIpc) is 2.40. The van der Waals surface area contributed by atoms with Crippen molar-refractivity contribution in [1.29, 1.82) is 0 Å². The highest BCUT2D eigenvalue weighted by atomic mass is 14.9. The van der Waals surface area contributed by atoms with E-state index >= 15 is 0 Å². The number of rotatable bonds is 4. The zero-order valence-electron chi connectivity index (χ0n) is 9.98. The molecule has 1 atom stereocenters. The van der Waals surface area contributed by atoms with Gasteiger partial charge in [0.25, 0.3) is 0 Å². The number of hydrogen-bond acceptors (Lipinski definition) is 2. The van der Waals surface area contributed by atoms with Gasteiger partial charge in [-0.1, -0.05) is 25.0 Å². The van der Waals surface area contributed by atoms with Crippen molar-refractivity contribution in [3.05, 3.63) is 42.2 Å². The summed E-state index contributed by atoms with van der Waals surface area (Å²) in [6.07, 6.45) is 10.1. The number of nitrogens with one attached hydrogen (secondary N) is 1. The molecule has 0 fully saturated rings. The van der Waals surface area contributed by atoms with Gasteiger partial charge in [-0.25, -0.2) is 0 Å². The Kier molecular flexibility index (Phi) is 3.74. The van der Waals surface area contributed by atoms with Gasteiger partial charge >= 0.3 is 0 Å². The number of aromatic nitrogens is 1. The number of hydrogen-bond donors (Lipinski definition) is 1. The second kappa shape index (κ2) is 5.47. The predicted octanol–water partition coefficient (Wildman–Crippen LogP) is 2.74. The van der Waals surface area contributed by atoms with E-state index in [0.717, 1.165) is 13.0 Å². The Morgan fingerprint density at radius 3 is 3.00 bits per heavy atom. The van der Waals surface area contributed by atoms with Crippen molar-refractivity contribution < 1.29 is 0 Å². The second-order valence-corrected chi connectivity index (χ2v) is 4.07. The molecule has 0 aliphatic rings. The Bertz CT molecular complexity index is 540. The topological polar surface area (TPSA) is 24.9 Å². The van der Waals surface area contributed by atoms with Crippen molar-refractivity contribution in [3.8, 4) is 12.3 Å². The molecule has 0 bridgehead atoms. The van der Waals surface area contributed by atoms with E-state index in [9.17, 15) is 0 Å². The molecule has 2 aromatic rings. The van der Waals surface area contributed by atoms with Crippen LogP contribution < -0.4 is 5.32 Å². The minimum Gasteiger partial charge on any atom is -0.300 e. The number of fused-ring (bicyclic) bond motifs is 1. The summed E-state index contributed by atoms with van der Waals surface area (Å²) in [5.74, 6) is 2.74. The van der Waals surface area contributed by atoms with E-state index in [-0.39, 0.29) is 6.04 Å². The zero-order valence-corrected chi connectivity index (χ0v) is 9.98. The fourth-order valence-corrected chi connectivity index (χ4v) is 1.80. The van der Waals surface area contributed by atoms with Crippen molar-refractivity contribution in [1.82, 2.24) is 10.3 Å². The van der Waals surface area contributed by atoms with Crippen LogP contribution in [0.2, 0.25) is 0 Å². The van der Waals surface area contributed by atoms with Crippen molar-refractivity contribution in [3.63, 3.8) is 0 Å². The molecule has 0 spiro atoms. The van der Waals surface area contributed by atoms with Crippen LogP contribution in [-0.4, -0.2) is 11.0 Å². The molecule has 2 heteroatoms. The van der Waals surface area contributed by atoms with Crippen LogP contribution in [0.5, 0.6) is 0 Å². The molecule has 86 valence electrons. The fourth-order valence-electron chi connectivity index (χ4n) is 1.80. The first-order valence-corrected chi connectivity index (χ1v) is 5.85. The molecule has 17 heavy (non-hydrogen) atoms. The third-order valence-corrected chi connectivity index (χ3v) is 2.87. The Morgan fingerprint density at radius 1 is 1.35 bits per heavy atom. The summed E-state index contributed by atoms with van der Waals surface area (Å²) in [4.78, 5) is 4.10. The molecule has 2 nitrogen and oxygen atoms in total. The van der Waals surface area contributed by atoms with Gasteiger partial charge in [-0.3, -0.25) is 10.3 Å².